The van der Waals surface area contributed by atoms with Crippen molar-refractivity contribution in [1.29, 1.82) is 0 Å². The Labute approximate surface area is 77.5 Å². The SMILES string of the molecule is C=C(C)C(=O)OOCC.OCCO. The molecule has 0 aromatic heterocycles. The Bertz CT molecular complexity index is 141. The Morgan fingerprint density at radius 3 is 2.08 bits per heavy atom. The highest BCUT2D eigenvalue weighted by atomic mass is 17.2. The summed E-state index contributed by atoms with van der Waals surface area (Å²) >= 11 is 0. The Kier molecular flexibility index (Phi) is 12.5. The third-order valence-corrected chi connectivity index (χ3v) is 0.701. The minimum absolute atomic E-state index is 0.125. The summed E-state index contributed by atoms with van der Waals surface area (Å²) in [6.45, 7) is 6.75. The number of carbonyl (C=O) groups is 1. The van der Waals surface area contributed by atoms with E-state index in [0.717, 1.165) is 0 Å². The lowest BCUT2D eigenvalue weighted by Crippen LogP contribution is -2.05. The fourth-order valence-corrected chi connectivity index (χ4v) is 0.184. The van der Waals surface area contributed by atoms with Crippen LogP contribution in [0.25, 0.3) is 0 Å². The Hall–Kier alpha value is -0.910. The average Bonchev–Trinajstić information content (AvgIpc) is 2.14. The van der Waals surface area contributed by atoms with Crippen molar-refractivity contribution in [2.45, 2.75) is 13.8 Å². The summed E-state index contributed by atoms with van der Waals surface area (Å²) in [7, 11) is 0. The van der Waals surface area contributed by atoms with Gasteiger partial charge >= 0.3 is 5.97 Å². The van der Waals surface area contributed by atoms with Crippen LogP contribution in [-0.2, 0) is 14.6 Å². The second-order valence-corrected chi connectivity index (χ2v) is 2.00. The molecule has 0 rings (SSSR count). The standard InChI is InChI=1S/C6H10O3.C2H6O2/c1-4-8-9-6(7)5(2)3;3-1-2-4/h2,4H2,1,3H3;3-4H,1-2H2. The Morgan fingerprint density at radius 2 is 1.85 bits per heavy atom. The van der Waals surface area contributed by atoms with Crippen molar-refractivity contribution in [1.82, 2.24) is 0 Å². The van der Waals surface area contributed by atoms with E-state index in [1.54, 1.807) is 13.8 Å². The van der Waals surface area contributed by atoms with E-state index in [9.17, 15) is 4.79 Å². The van der Waals surface area contributed by atoms with Crippen molar-refractivity contribution in [3.63, 3.8) is 0 Å². The molecule has 0 spiro atoms. The van der Waals surface area contributed by atoms with Crippen LogP contribution in [0, 0.1) is 0 Å². The molecule has 0 heterocycles. The summed E-state index contributed by atoms with van der Waals surface area (Å²) in [5.41, 5.74) is 0.337. The van der Waals surface area contributed by atoms with Gasteiger partial charge in [0, 0.05) is 5.57 Å². The van der Waals surface area contributed by atoms with Gasteiger partial charge in [0.25, 0.3) is 0 Å². The van der Waals surface area contributed by atoms with E-state index in [1.165, 1.54) is 0 Å². The topological polar surface area (TPSA) is 76.0 Å². The zero-order valence-electron chi connectivity index (χ0n) is 7.95. The summed E-state index contributed by atoms with van der Waals surface area (Å²) in [5.74, 6) is -0.517. The number of hydrogen-bond acceptors (Lipinski definition) is 5. The van der Waals surface area contributed by atoms with Crippen LogP contribution in [0.5, 0.6) is 0 Å². The predicted octanol–water partition coefficient (Wildman–Crippen LogP) is 0.0282. The van der Waals surface area contributed by atoms with E-state index in [4.69, 9.17) is 10.2 Å². The van der Waals surface area contributed by atoms with Crippen LogP contribution in [0.15, 0.2) is 12.2 Å². The van der Waals surface area contributed by atoms with Crippen molar-refractivity contribution in [2.75, 3.05) is 19.8 Å². The zero-order valence-corrected chi connectivity index (χ0v) is 7.95. The first-order valence-corrected chi connectivity index (χ1v) is 3.81. The maximum absolute atomic E-state index is 10.5. The number of rotatable bonds is 4. The van der Waals surface area contributed by atoms with E-state index in [0.29, 0.717) is 12.2 Å². The molecule has 0 aliphatic carbocycles. The average molecular weight is 192 g/mol. The van der Waals surface area contributed by atoms with Crippen LogP contribution in [0.2, 0.25) is 0 Å². The van der Waals surface area contributed by atoms with Crippen molar-refractivity contribution in [3.05, 3.63) is 12.2 Å². The number of hydrogen-bond donors (Lipinski definition) is 2. The quantitative estimate of drug-likeness (QED) is 0.373. The molecule has 0 aromatic rings. The molecule has 0 saturated carbocycles. The third-order valence-electron chi connectivity index (χ3n) is 0.701. The second-order valence-electron chi connectivity index (χ2n) is 2.00. The van der Waals surface area contributed by atoms with Gasteiger partial charge in [-0.05, 0) is 13.8 Å². The molecule has 0 saturated heterocycles. The monoisotopic (exact) mass is 192 g/mol. The maximum atomic E-state index is 10.5. The van der Waals surface area contributed by atoms with Crippen LogP contribution in [0.3, 0.4) is 0 Å². The predicted molar refractivity (Wildman–Crippen MR) is 46.7 cm³/mol. The molecule has 13 heavy (non-hydrogen) atoms. The number of carbonyl (C=O) groups excluding carboxylic acids is 1. The molecule has 0 radical (unpaired) electrons. The highest BCUT2D eigenvalue weighted by Gasteiger charge is 2.01. The van der Waals surface area contributed by atoms with Gasteiger partial charge in [0.05, 0.1) is 19.8 Å². The minimum atomic E-state index is -0.517. The molecule has 0 aliphatic rings. The van der Waals surface area contributed by atoms with E-state index in [1.807, 2.05) is 0 Å². The van der Waals surface area contributed by atoms with Crippen LogP contribution in [0.1, 0.15) is 13.8 Å². The molecule has 0 unspecified atom stereocenters. The smallest absolute Gasteiger partial charge is 0.368 e. The molecule has 0 bridgehead atoms. The van der Waals surface area contributed by atoms with Crippen LogP contribution < -0.4 is 0 Å². The van der Waals surface area contributed by atoms with Gasteiger partial charge < -0.3 is 10.2 Å². The minimum Gasteiger partial charge on any atom is -0.394 e. The van der Waals surface area contributed by atoms with Gasteiger partial charge in [-0.15, -0.1) is 0 Å². The van der Waals surface area contributed by atoms with Crippen LogP contribution in [-0.4, -0.2) is 36.0 Å². The summed E-state index contributed by atoms with van der Waals surface area (Å²) < 4.78 is 0. The van der Waals surface area contributed by atoms with E-state index in [-0.39, 0.29) is 13.2 Å². The lowest BCUT2D eigenvalue weighted by Gasteiger charge is -1.97. The molecule has 0 aromatic carbocycles. The molecule has 5 nitrogen and oxygen atoms in total. The molecule has 0 fully saturated rings. The van der Waals surface area contributed by atoms with Gasteiger partial charge in [-0.3, -0.25) is 4.89 Å². The third kappa shape index (κ3) is 14.0. The number of aliphatic hydroxyl groups is 2. The highest BCUT2D eigenvalue weighted by Crippen LogP contribution is 1.91. The van der Waals surface area contributed by atoms with Crippen molar-refractivity contribution < 1.29 is 24.8 Å². The van der Waals surface area contributed by atoms with Crippen LogP contribution in [0.4, 0.5) is 0 Å². The van der Waals surface area contributed by atoms with Gasteiger partial charge in [0.15, 0.2) is 0 Å². The highest BCUT2D eigenvalue weighted by molar-refractivity contribution is 5.86. The number of aliphatic hydroxyl groups excluding tert-OH is 2. The maximum Gasteiger partial charge on any atom is 0.368 e. The van der Waals surface area contributed by atoms with Gasteiger partial charge in [0.1, 0.15) is 0 Å². The summed E-state index contributed by atoms with van der Waals surface area (Å²) in [5, 5.41) is 15.2. The molecule has 0 amide bonds. The summed E-state index contributed by atoms with van der Waals surface area (Å²) in [4.78, 5) is 19.0. The van der Waals surface area contributed by atoms with Crippen LogP contribution >= 0.6 is 0 Å². The van der Waals surface area contributed by atoms with Crippen molar-refractivity contribution >= 4 is 5.97 Å². The first kappa shape index (κ1) is 14.6. The molecule has 78 valence electrons. The summed E-state index contributed by atoms with van der Waals surface area (Å²) in [6.07, 6.45) is 0. The van der Waals surface area contributed by atoms with E-state index >= 15 is 0 Å². The Balaban J connectivity index is 0. The fourth-order valence-electron chi connectivity index (χ4n) is 0.184. The Morgan fingerprint density at radius 1 is 1.38 bits per heavy atom. The fraction of sp³-hybridized carbons (Fsp3) is 0.625. The summed E-state index contributed by atoms with van der Waals surface area (Å²) in [6, 6.07) is 0. The molecular formula is C8H16O5. The second kappa shape index (κ2) is 11.1. The lowest BCUT2D eigenvalue weighted by molar-refractivity contribution is -0.265. The first-order chi connectivity index (χ1) is 6.09. The van der Waals surface area contributed by atoms with Gasteiger partial charge in [0.2, 0.25) is 0 Å². The first-order valence-electron chi connectivity index (χ1n) is 3.81. The molecular weight excluding hydrogens is 176 g/mol. The van der Waals surface area contributed by atoms with E-state index in [2.05, 4.69) is 16.4 Å². The molecule has 0 aliphatic heterocycles. The van der Waals surface area contributed by atoms with Crippen molar-refractivity contribution in [3.8, 4) is 0 Å². The van der Waals surface area contributed by atoms with Gasteiger partial charge in [-0.1, -0.05) is 6.58 Å². The molecule has 0 atom stereocenters. The largest absolute Gasteiger partial charge is 0.394 e. The van der Waals surface area contributed by atoms with Crippen molar-refractivity contribution in [2.24, 2.45) is 0 Å². The van der Waals surface area contributed by atoms with Gasteiger partial charge in [-0.2, -0.15) is 4.89 Å². The van der Waals surface area contributed by atoms with E-state index < -0.39 is 5.97 Å². The normalized spacial score (nSPS) is 8.31. The molecule has 5 heteroatoms. The zero-order chi connectivity index (χ0) is 10.7. The molecule has 2 N–H and O–H groups in total. The lowest BCUT2D eigenvalue weighted by atomic mass is 10.4. The van der Waals surface area contributed by atoms with Gasteiger partial charge in [-0.25, -0.2) is 4.79 Å².